The molecular formula is C32H37F3N2O5. The average molecular weight is 587 g/mol. The average Bonchev–Trinajstić information content (AvgIpc) is 2.99. The summed E-state index contributed by atoms with van der Waals surface area (Å²) in [6, 6.07) is 28.1. The largest absolute Gasteiger partial charge is 0.494 e. The molecule has 0 radical (unpaired) electrons. The number of hydrogen-bond donors (Lipinski definition) is 3. The Morgan fingerprint density at radius 1 is 0.905 bits per heavy atom. The second-order valence-corrected chi connectivity index (χ2v) is 10.2. The highest BCUT2D eigenvalue weighted by Gasteiger charge is 2.41. The van der Waals surface area contributed by atoms with Crippen LogP contribution in [0.3, 0.4) is 0 Å². The van der Waals surface area contributed by atoms with E-state index in [0.29, 0.717) is 13.2 Å². The van der Waals surface area contributed by atoms with E-state index < -0.39 is 17.7 Å². The molecule has 1 amide bonds. The Morgan fingerprint density at radius 2 is 1.40 bits per heavy atom. The van der Waals surface area contributed by atoms with Gasteiger partial charge in [-0.2, -0.15) is 13.2 Å². The molecule has 0 aliphatic carbocycles. The summed E-state index contributed by atoms with van der Waals surface area (Å²) in [6.07, 6.45) is -2.21. The molecule has 3 aromatic carbocycles. The van der Waals surface area contributed by atoms with Crippen molar-refractivity contribution < 1.29 is 37.7 Å². The van der Waals surface area contributed by atoms with Gasteiger partial charge in [0.15, 0.2) is 0 Å². The zero-order chi connectivity index (χ0) is 30.6. The van der Waals surface area contributed by atoms with Crippen LogP contribution >= 0.6 is 0 Å². The second-order valence-electron chi connectivity index (χ2n) is 10.2. The van der Waals surface area contributed by atoms with Crippen molar-refractivity contribution in [3.05, 3.63) is 102 Å². The fraction of sp³-hybridized carbons (Fsp3) is 0.375. The smallest absolute Gasteiger partial charge is 0.490 e. The number of nitrogens with one attached hydrogen (secondary N) is 1. The zero-order valence-electron chi connectivity index (χ0n) is 23.5. The Hall–Kier alpha value is -3.89. The molecule has 1 aliphatic rings. The number of alkyl halides is 3. The number of nitrogens with zero attached hydrogens (tertiary/aromatic N) is 1. The predicted molar refractivity (Wildman–Crippen MR) is 153 cm³/mol. The number of rotatable bonds is 10. The van der Waals surface area contributed by atoms with Gasteiger partial charge in [-0.3, -0.25) is 4.79 Å². The van der Waals surface area contributed by atoms with Gasteiger partial charge in [0.1, 0.15) is 11.4 Å². The van der Waals surface area contributed by atoms with Crippen molar-refractivity contribution in [2.45, 2.75) is 44.5 Å². The van der Waals surface area contributed by atoms with Crippen LogP contribution in [0.15, 0.2) is 84.9 Å². The number of hydrogen-bond acceptors (Lipinski definition) is 5. The number of aliphatic carboxylic acids is 1. The second kappa shape index (κ2) is 15.4. The number of aliphatic hydroxyl groups is 1. The van der Waals surface area contributed by atoms with Gasteiger partial charge in [0.05, 0.1) is 6.61 Å². The van der Waals surface area contributed by atoms with Crippen molar-refractivity contribution in [2.75, 3.05) is 26.2 Å². The van der Waals surface area contributed by atoms with Crippen molar-refractivity contribution in [3.63, 3.8) is 0 Å². The van der Waals surface area contributed by atoms with Gasteiger partial charge >= 0.3 is 12.1 Å². The number of carbonyl (C=O) groups excluding carboxylic acids is 1. The van der Waals surface area contributed by atoms with E-state index in [9.17, 15) is 23.1 Å². The lowest BCUT2D eigenvalue weighted by molar-refractivity contribution is -0.192. The lowest BCUT2D eigenvalue weighted by Crippen LogP contribution is -2.44. The van der Waals surface area contributed by atoms with Crippen LogP contribution in [0.25, 0.3) is 0 Å². The van der Waals surface area contributed by atoms with Crippen molar-refractivity contribution in [1.82, 2.24) is 10.2 Å². The Labute approximate surface area is 243 Å². The van der Waals surface area contributed by atoms with Gasteiger partial charge in [-0.15, -0.1) is 0 Å². The number of carbonyl (C=O) groups is 2. The summed E-state index contributed by atoms with van der Waals surface area (Å²) in [5.74, 6) is -1.76. The minimum Gasteiger partial charge on any atom is -0.494 e. The Bertz CT molecular complexity index is 1210. The minimum absolute atomic E-state index is 0.0285. The van der Waals surface area contributed by atoms with E-state index >= 15 is 0 Å². The molecule has 0 aromatic heterocycles. The fourth-order valence-electron chi connectivity index (χ4n) is 5.01. The third-order valence-electron chi connectivity index (χ3n) is 7.20. The molecule has 0 bridgehead atoms. The van der Waals surface area contributed by atoms with E-state index in [2.05, 4.69) is 10.2 Å². The van der Waals surface area contributed by atoms with Gasteiger partial charge < -0.3 is 25.2 Å². The monoisotopic (exact) mass is 586 g/mol. The highest BCUT2D eigenvalue weighted by molar-refractivity contribution is 5.73. The van der Waals surface area contributed by atoms with Crippen LogP contribution in [-0.2, 0) is 21.7 Å². The highest BCUT2D eigenvalue weighted by atomic mass is 19.4. The van der Waals surface area contributed by atoms with Crippen LogP contribution in [0.2, 0.25) is 0 Å². The normalized spacial score (nSPS) is 14.4. The first kappa shape index (κ1) is 32.6. The predicted octanol–water partition coefficient (Wildman–Crippen LogP) is 5.37. The summed E-state index contributed by atoms with van der Waals surface area (Å²) in [6.45, 7) is 5.67. The molecule has 1 heterocycles. The molecule has 0 unspecified atom stereocenters. The van der Waals surface area contributed by atoms with Crippen LogP contribution in [0.1, 0.15) is 42.9 Å². The minimum atomic E-state index is -5.08. The van der Waals surface area contributed by atoms with E-state index in [1.165, 1.54) is 6.92 Å². The number of ether oxygens (including phenoxy) is 1. The molecule has 226 valence electrons. The van der Waals surface area contributed by atoms with Crippen LogP contribution in [-0.4, -0.2) is 59.4 Å². The highest BCUT2D eigenvalue weighted by Crippen LogP contribution is 2.41. The first-order chi connectivity index (χ1) is 20.0. The Kier molecular flexibility index (Phi) is 11.9. The number of piperidine rings is 1. The van der Waals surface area contributed by atoms with Crippen molar-refractivity contribution >= 4 is 11.9 Å². The van der Waals surface area contributed by atoms with Crippen LogP contribution in [0.4, 0.5) is 13.2 Å². The summed E-state index contributed by atoms with van der Waals surface area (Å²) in [4.78, 5) is 22.4. The van der Waals surface area contributed by atoms with E-state index in [1.54, 1.807) is 0 Å². The third kappa shape index (κ3) is 9.60. The maximum Gasteiger partial charge on any atom is 0.490 e. The number of halogens is 3. The summed E-state index contributed by atoms with van der Waals surface area (Å²) in [5, 5.41) is 22.0. The number of amides is 1. The van der Waals surface area contributed by atoms with E-state index in [0.717, 1.165) is 61.3 Å². The zero-order valence-corrected chi connectivity index (χ0v) is 23.5. The van der Waals surface area contributed by atoms with Crippen LogP contribution in [0.5, 0.6) is 5.75 Å². The van der Waals surface area contributed by atoms with Gasteiger partial charge in [0, 0.05) is 20.0 Å². The molecule has 10 heteroatoms. The molecule has 3 N–H and O–H groups in total. The maximum absolute atomic E-state index is 12.0. The van der Waals surface area contributed by atoms with E-state index in [4.69, 9.17) is 14.6 Å². The summed E-state index contributed by atoms with van der Waals surface area (Å²) in [5.41, 5.74) is 2.03. The molecule has 7 nitrogen and oxygen atoms in total. The van der Waals surface area contributed by atoms with Crippen LogP contribution < -0.4 is 10.1 Å². The Balaban J connectivity index is 0.000000616. The molecule has 0 atom stereocenters. The maximum atomic E-state index is 12.0. The molecule has 1 saturated heterocycles. The van der Waals surface area contributed by atoms with Crippen molar-refractivity contribution in [3.8, 4) is 5.75 Å². The number of carboxylic acid groups (broad SMARTS) is 1. The Morgan fingerprint density at radius 3 is 1.86 bits per heavy atom. The number of carboxylic acids is 1. The lowest BCUT2D eigenvalue weighted by atomic mass is 9.72. The number of benzene rings is 3. The molecule has 42 heavy (non-hydrogen) atoms. The molecule has 0 spiro atoms. The molecule has 1 aliphatic heterocycles. The van der Waals surface area contributed by atoms with E-state index in [-0.39, 0.29) is 11.8 Å². The lowest BCUT2D eigenvalue weighted by Gasteiger charge is -2.42. The van der Waals surface area contributed by atoms with Gasteiger partial charge in [-0.1, -0.05) is 72.8 Å². The van der Waals surface area contributed by atoms with Gasteiger partial charge in [0.2, 0.25) is 5.91 Å². The third-order valence-corrected chi connectivity index (χ3v) is 7.20. The molecular weight excluding hydrogens is 549 g/mol. The van der Waals surface area contributed by atoms with Gasteiger partial charge in [-0.05, 0) is 67.1 Å². The summed E-state index contributed by atoms with van der Waals surface area (Å²) >= 11 is 0. The van der Waals surface area contributed by atoms with Gasteiger partial charge in [0.25, 0.3) is 0 Å². The molecule has 0 saturated carbocycles. The standard InChI is InChI=1S/C30H36N2O3.C2HF3O2/c1-24(33)31-23-25-13-15-29(16-14-25)35-22-8-19-32-20-17-28(18-21-32)30(34,26-9-4-2-5-10-26)27-11-6-3-7-12-27;3-2(4,5)1(6)7/h2-7,9-16,28,34H,8,17-23H2,1H3,(H,31,33);(H,6,7). The van der Waals surface area contributed by atoms with E-state index in [1.807, 2.05) is 84.9 Å². The fourth-order valence-corrected chi connectivity index (χ4v) is 5.01. The van der Waals surface area contributed by atoms with Crippen LogP contribution in [0, 0.1) is 5.92 Å². The van der Waals surface area contributed by atoms with Gasteiger partial charge in [-0.25, -0.2) is 4.79 Å². The van der Waals surface area contributed by atoms with Crippen molar-refractivity contribution in [2.24, 2.45) is 5.92 Å². The SMILES string of the molecule is CC(=O)NCc1ccc(OCCCN2CCC(C(O)(c3ccccc3)c3ccccc3)CC2)cc1.O=C(O)C(F)(F)F. The topological polar surface area (TPSA) is 99.1 Å². The van der Waals surface area contributed by atoms with Crippen molar-refractivity contribution in [1.29, 1.82) is 0 Å². The first-order valence-electron chi connectivity index (χ1n) is 13.8. The molecule has 4 rings (SSSR count). The summed E-state index contributed by atoms with van der Waals surface area (Å²) < 4.78 is 37.7. The quantitative estimate of drug-likeness (QED) is 0.276. The molecule has 3 aromatic rings. The molecule has 1 fully saturated rings. The number of likely N-dealkylation sites (tertiary alicyclic amines) is 1. The summed E-state index contributed by atoms with van der Waals surface area (Å²) in [7, 11) is 0. The first-order valence-corrected chi connectivity index (χ1v) is 13.8.